The summed E-state index contributed by atoms with van der Waals surface area (Å²) in [7, 11) is 0. The molecule has 0 spiro atoms. The lowest BCUT2D eigenvalue weighted by Crippen LogP contribution is -2.31. The van der Waals surface area contributed by atoms with Crippen LogP contribution in [0.5, 0.6) is 0 Å². The number of nitrogens with zero attached hydrogens (tertiary/aromatic N) is 4. The number of rotatable bonds is 5. The lowest BCUT2D eigenvalue weighted by Gasteiger charge is -2.32. The Morgan fingerprint density at radius 3 is 2.47 bits per heavy atom. The predicted octanol–water partition coefficient (Wildman–Crippen LogP) is 4.95. The highest BCUT2D eigenvalue weighted by Gasteiger charge is 2.36. The molecule has 1 atom stereocenters. The molecule has 0 amide bonds. The number of Topliss-reactive ketones (excluding diaryl/α,β-unsaturated/α-hetero) is 1. The van der Waals surface area contributed by atoms with E-state index in [0.717, 1.165) is 48.4 Å². The minimum Gasteiger partial charge on any atom is -0.372 e. The lowest BCUT2D eigenvalue weighted by molar-refractivity contribution is -0.116. The molecule has 0 saturated carbocycles. The van der Waals surface area contributed by atoms with Crippen molar-refractivity contribution >= 4 is 17.4 Å². The Bertz CT molecular complexity index is 1180. The van der Waals surface area contributed by atoms with Crippen LogP contribution in [0, 0.1) is 5.82 Å². The Hall–Kier alpha value is -3.48. The molecule has 1 aliphatic carbocycles. The number of hydrogen-bond donors (Lipinski definition) is 1. The van der Waals surface area contributed by atoms with E-state index in [1.54, 1.807) is 16.8 Å². The van der Waals surface area contributed by atoms with Crippen molar-refractivity contribution in [1.29, 1.82) is 0 Å². The second kappa shape index (κ2) is 8.22. The van der Waals surface area contributed by atoms with Gasteiger partial charge in [0.2, 0.25) is 5.95 Å². The van der Waals surface area contributed by atoms with E-state index < -0.39 is 6.04 Å². The summed E-state index contributed by atoms with van der Waals surface area (Å²) in [5, 5.41) is 8.14. The van der Waals surface area contributed by atoms with Crippen LogP contribution in [0.15, 0.2) is 59.8 Å². The summed E-state index contributed by atoms with van der Waals surface area (Å²) in [6.07, 6.45) is 2.12. The third-order valence-corrected chi connectivity index (χ3v) is 6.31. The predicted molar refractivity (Wildman–Crippen MR) is 123 cm³/mol. The molecular formula is C25H26FN5O. The van der Waals surface area contributed by atoms with Crippen LogP contribution in [0.4, 0.5) is 16.0 Å². The first-order valence-corrected chi connectivity index (χ1v) is 11.2. The molecule has 164 valence electrons. The van der Waals surface area contributed by atoms with Gasteiger partial charge in [0.05, 0.1) is 0 Å². The highest BCUT2D eigenvalue weighted by atomic mass is 19.1. The summed E-state index contributed by atoms with van der Waals surface area (Å²) >= 11 is 0. The molecule has 0 saturated heterocycles. The van der Waals surface area contributed by atoms with Crippen molar-refractivity contribution in [3.63, 3.8) is 0 Å². The number of anilines is 2. The normalized spacial score (nSPS) is 17.6. The maximum Gasteiger partial charge on any atom is 0.226 e. The molecule has 1 unspecified atom stereocenters. The molecule has 0 fully saturated rings. The molecule has 2 heterocycles. The van der Waals surface area contributed by atoms with Crippen molar-refractivity contribution < 1.29 is 9.18 Å². The Morgan fingerprint density at radius 2 is 1.78 bits per heavy atom. The molecule has 0 bridgehead atoms. The number of fused-ring (bicyclic) bond motifs is 1. The second-order valence-electron chi connectivity index (χ2n) is 8.17. The number of nitrogens with one attached hydrogen (secondary N) is 1. The fourth-order valence-corrected chi connectivity index (χ4v) is 4.64. The average molecular weight is 432 g/mol. The SMILES string of the molecule is CCN(CC)c1ccc(-c2nc3n(n2)C(c2ccc(F)cc2)C2=C(CCCC2=O)N3)cc1. The molecule has 5 rings (SSSR count). The van der Waals surface area contributed by atoms with Gasteiger partial charge in [-0.2, -0.15) is 4.98 Å². The largest absolute Gasteiger partial charge is 0.372 e. The first-order valence-electron chi connectivity index (χ1n) is 11.2. The van der Waals surface area contributed by atoms with Gasteiger partial charge in [-0.25, -0.2) is 9.07 Å². The molecule has 7 heteroatoms. The van der Waals surface area contributed by atoms with Crippen molar-refractivity contribution in [2.45, 2.75) is 39.2 Å². The average Bonchev–Trinajstić information content (AvgIpc) is 3.24. The fourth-order valence-electron chi connectivity index (χ4n) is 4.64. The topological polar surface area (TPSA) is 63.1 Å². The Labute approximate surface area is 186 Å². The zero-order chi connectivity index (χ0) is 22.2. The third-order valence-electron chi connectivity index (χ3n) is 6.31. The highest BCUT2D eigenvalue weighted by molar-refractivity contribution is 5.99. The third kappa shape index (κ3) is 3.47. The monoisotopic (exact) mass is 431 g/mol. The molecule has 1 N–H and O–H groups in total. The van der Waals surface area contributed by atoms with Crippen molar-refractivity contribution in [3.8, 4) is 11.4 Å². The molecule has 32 heavy (non-hydrogen) atoms. The zero-order valence-electron chi connectivity index (χ0n) is 18.3. The number of aromatic nitrogens is 3. The smallest absolute Gasteiger partial charge is 0.226 e. The lowest BCUT2D eigenvalue weighted by atomic mass is 9.85. The fraction of sp³-hybridized carbons (Fsp3) is 0.320. The maximum absolute atomic E-state index is 13.6. The Kier molecular flexibility index (Phi) is 5.25. The quantitative estimate of drug-likeness (QED) is 0.619. The van der Waals surface area contributed by atoms with E-state index in [1.165, 1.54) is 12.1 Å². The summed E-state index contributed by atoms with van der Waals surface area (Å²) in [6.45, 7) is 6.17. The summed E-state index contributed by atoms with van der Waals surface area (Å²) < 4.78 is 15.4. The van der Waals surface area contributed by atoms with Crippen molar-refractivity contribution in [3.05, 3.63) is 71.2 Å². The Balaban J connectivity index is 1.57. The van der Waals surface area contributed by atoms with Gasteiger partial charge in [-0.15, -0.1) is 5.10 Å². The van der Waals surface area contributed by atoms with Crippen molar-refractivity contribution in [1.82, 2.24) is 14.8 Å². The molecule has 0 radical (unpaired) electrons. The minimum atomic E-state index is -0.411. The van der Waals surface area contributed by atoms with Gasteiger partial charge in [-0.05, 0) is 68.7 Å². The summed E-state index contributed by atoms with van der Waals surface area (Å²) in [5.74, 6) is 1.01. The van der Waals surface area contributed by atoms with Crippen molar-refractivity contribution in [2.24, 2.45) is 0 Å². The zero-order valence-corrected chi connectivity index (χ0v) is 18.3. The second-order valence-corrected chi connectivity index (χ2v) is 8.17. The van der Waals surface area contributed by atoms with Gasteiger partial charge in [-0.3, -0.25) is 4.79 Å². The molecule has 1 aromatic heterocycles. The van der Waals surface area contributed by atoms with Crippen LogP contribution in [-0.2, 0) is 4.79 Å². The number of ketones is 1. The van der Waals surface area contributed by atoms with Crippen LogP contribution >= 0.6 is 0 Å². The van der Waals surface area contributed by atoms with E-state index in [9.17, 15) is 9.18 Å². The number of allylic oxidation sites excluding steroid dienone is 2. The van der Waals surface area contributed by atoms with Gasteiger partial charge in [-0.1, -0.05) is 12.1 Å². The molecule has 6 nitrogen and oxygen atoms in total. The van der Waals surface area contributed by atoms with E-state index >= 15 is 0 Å². The molecule has 2 aliphatic rings. The van der Waals surface area contributed by atoms with E-state index in [0.29, 0.717) is 23.8 Å². The van der Waals surface area contributed by atoms with Gasteiger partial charge < -0.3 is 10.2 Å². The number of carbonyl (C=O) groups excluding carboxylic acids is 1. The van der Waals surface area contributed by atoms with E-state index in [-0.39, 0.29) is 11.6 Å². The van der Waals surface area contributed by atoms with Crippen LogP contribution in [-0.4, -0.2) is 33.6 Å². The molecule has 1 aliphatic heterocycles. The number of halogens is 1. The molecular weight excluding hydrogens is 405 g/mol. The number of hydrogen-bond acceptors (Lipinski definition) is 5. The van der Waals surface area contributed by atoms with Crippen LogP contribution in [0.1, 0.15) is 44.7 Å². The Morgan fingerprint density at radius 1 is 1.06 bits per heavy atom. The van der Waals surface area contributed by atoms with Gasteiger partial charge in [0.1, 0.15) is 11.9 Å². The van der Waals surface area contributed by atoms with Gasteiger partial charge in [0, 0.05) is 42.0 Å². The maximum atomic E-state index is 13.6. The van der Waals surface area contributed by atoms with Crippen LogP contribution < -0.4 is 10.2 Å². The van der Waals surface area contributed by atoms with Gasteiger partial charge >= 0.3 is 0 Å². The number of benzene rings is 2. The van der Waals surface area contributed by atoms with E-state index in [2.05, 4.69) is 36.2 Å². The number of carbonyl (C=O) groups is 1. The van der Waals surface area contributed by atoms with E-state index in [1.807, 2.05) is 12.1 Å². The first kappa shape index (κ1) is 20.4. The summed E-state index contributed by atoms with van der Waals surface area (Å²) in [5.41, 5.74) is 4.51. The molecule has 2 aromatic carbocycles. The first-order chi connectivity index (χ1) is 15.6. The minimum absolute atomic E-state index is 0.111. The highest BCUT2D eigenvalue weighted by Crippen LogP contribution is 2.40. The van der Waals surface area contributed by atoms with Crippen molar-refractivity contribution in [2.75, 3.05) is 23.3 Å². The molecule has 3 aromatic rings. The van der Waals surface area contributed by atoms with Crippen LogP contribution in [0.2, 0.25) is 0 Å². The van der Waals surface area contributed by atoms with Gasteiger partial charge in [0.15, 0.2) is 11.6 Å². The van der Waals surface area contributed by atoms with E-state index in [4.69, 9.17) is 10.1 Å². The van der Waals surface area contributed by atoms with Crippen LogP contribution in [0.25, 0.3) is 11.4 Å². The summed E-state index contributed by atoms with van der Waals surface area (Å²) in [6, 6.07) is 14.1. The standard InChI is InChI=1S/C25H26FN5O/c1-3-30(4-2)19-14-10-17(11-15-19)24-28-25-27-20-6-5-7-21(32)22(20)23(31(25)29-24)16-8-12-18(26)13-9-16/h8-15,23H,3-7H2,1-2H3,(H,27,28,29). The van der Waals surface area contributed by atoms with Crippen LogP contribution in [0.3, 0.4) is 0 Å². The van der Waals surface area contributed by atoms with Gasteiger partial charge in [0.25, 0.3) is 0 Å². The summed E-state index contributed by atoms with van der Waals surface area (Å²) in [4.78, 5) is 19.9.